The lowest BCUT2D eigenvalue weighted by Gasteiger charge is -2.24. The van der Waals surface area contributed by atoms with Gasteiger partial charge in [0, 0.05) is 44.0 Å². The second kappa shape index (κ2) is 7.77. The van der Waals surface area contributed by atoms with E-state index in [1.165, 1.54) is 16.7 Å². The maximum Gasteiger partial charge on any atom is 0.250 e. The summed E-state index contributed by atoms with van der Waals surface area (Å²) < 4.78 is 15.6. The van der Waals surface area contributed by atoms with E-state index in [4.69, 9.17) is 0 Å². The van der Waals surface area contributed by atoms with Gasteiger partial charge >= 0.3 is 0 Å². The molecule has 0 spiro atoms. The van der Waals surface area contributed by atoms with Crippen LogP contribution >= 0.6 is 0 Å². The molecule has 128 valence electrons. The standard InChI is InChI=1S/C18H22FN3O2/c1-13(2)21(3)16-8-7-14(12-15(16)19)20-17(23)9-11-22-10-5-4-6-18(22)24/h4-8,10,12-13H,9,11H2,1-3H3,(H,20,23). The molecule has 1 heterocycles. The molecule has 1 aromatic heterocycles. The summed E-state index contributed by atoms with van der Waals surface area (Å²) in [5, 5.41) is 2.66. The molecular formula is C18H22FN3O2. The molecular weight excluding hydrogens is 309 g/mol. The van der Waals surface area contributed by atoms with E-state index in [0.717, 1.165) is 0 Å². The minimum atomic E-state index is -0.386. The van der Waals surface area contributed by atoms with Crippen LogP contribution < -0.4 is 15.8 Å². The van der Waals surface area contributed by atoms with Gasteiger partial charge in [-0.3, -0.25) is 9.59 Å². The Labute approximate surface area is 140 Å². The average molecular weight is 331 g/mol. The smallest absolute Gasteiger partial charge is 0.250 e. The Kier molecular flexibility index (Phi) is 5.73. The zero-order chi connectivity index (χ0) is 17.7. The van der Waals surface area contributed by atoms with E-state index in [9.17, 15) is 14.0 Å². The van der Waals surface area contributed by atoms with Crippen LogP contribution in [0.2, 0.25) is 0 Å². The van der Waals surface area contributed by atoms with Crippen LogP contribution in [0, 0.1) is 5.82 Å². The van der Waals surface area contributed by atoms with Gasteiger partial charge in [-0.1, -0.05) is 6.07 Å². The van der Waals surface area contributed by atoms with Crippen molar-refractivity contribution in [3.05, 3.63) is 58.8 Å². The third kappa shape index (κ3) is 4.44. The van der Waals surface area contributed by atoms with Crippen molar-refractivity contribution in [3.63, 3.8) is 0 Å². The Morgan fingerprint density at radius 1 is 1.29 bits per heavy atom. The maximum absolute atomic E-state index is 14.2. The van der Waals surface area contributed by atoms with Crippen LogP contribution in [0.5, 0.6) is 0 Å². The van der Waals surface area contributed by atoms with E-state index >= 15 is 0 Å². The van der Waals surface area contributed by atoms with Crippen molar-refractivity contribution in [2.45, 2.75) is 32.9 Å². The van der Waals surface area contributed by atoms with E-state index < -0.39 is 0 Å². The van der Waals surface area contributed by atoms with Gasteiger partial charge in [0.25, 0.3) is 5.56 Å². The normalized spacial score (nSPS) is 10.7. The fraction of sp³-hybridized carbons (Fsp3) is 0.333. The zero-order valence-corrected chi connectivity index (χ0v) is 14.1. The molecule has 0 saturated heterocycles. The van der Waals surface area contributed by atoms with Gasteiger partial charge in [0.1, 0.15) is 5.82 Å². The molecule has 1 aromatic carbocycles. The highest BCUT2D eigenvalue weighted by Crippen LogP contribution is 2.23. The molecule has 24 heavy (non-hydrogen) atoms. The minimum absolute atomic E-state index is 0.138. The van der Waals surface area contributed by atoms with E-state index in [0.29, 0.717) is 11.4 Å². The lowest BCUT2D eigenvalue weighted by molar-refractivity contribution is -0.116. The van der Waals surface area contributed by atoms with Crippen molar-refractivity contribution in [2.24, 2.45) is 0 Å². The number of aryl methyl sites for hydroxylation is 1. The summed E-state index contributed by atoms with van der Waals surface area (Å²) in [5.41, 5.74) is 0.732. The number of benzene rings is 1. The van der Waals surface area contributed by atoms with Gasteiger partial charge in [-0.25, -0.2) is 4.39 Å². The molecule has 1 amide bonds. The molecule has 2 aromatic rings. The first kappa shape index (κ1) is 17.7. The Morgan fingerprint density at radius 2 is 2.04 bits per heavy atom. The number of nitrogens with zero attached hydrogens (tertiary/aromatic N) is 2. The maximum atomic E-state index is 14.2. The van der Waals surface area contributed by atoms with Crippen LogP contribution in [-0.4, -0.2) is 23.6 Å². The molecule has 0 aliphatic carbocycles. The second-order valence-corrected chi connectivity index (χ2v) is 5.90. The lowest BCUT2D eigenvalue weighted by Crippen LogP contribution is -2.26. The Morgan fingerprint density at radius 3 is 2.67 bits per heavy atom. The predicted octanol–water partition coefficient (Wildman–Crippen LogP) is 2.86. The number of hydrogen-bond acceptors (Lipinski definition) is 3. The number of anilines is 2. The summed E-state index contributed by atoms with van der Waals surface area (Å²) in [4.78, 5) is 25.4. The molecule has 0 bridgehead atoms. The molecule has 0 saturated carbocycles. The quantitative estimate of drug-likeness (QED) is 0.885. The minimum Gasteiger partial charge on any atom is -0.370 e. The summed E-state index contributed by atoms with van der Waals surface area (Å²) in [5.74, 6) is -0.654. The molecule has 0 atom stereocenters. The molecule has 0 aliphatic rings. The van der Waals surface area contributed by atoms with Crippen molar-refractivity contribution < 1.29 is 9.18 Å². The number of nitrogens with one attached hydrogen (secondary N) is 1. The van der Waals surface area contributed by atoms with Gasteiger partial charge in [0.05, 0.1) is 5.69 Å². The summed E-state index contributed by atoms with van der Waals surface area (Å²) in [6.07, 6.45) is 1.77. The molecule has 2 rings (SSSR count). The van der Waals surface area contributed by atoms with Crippen LogP contribution in [0.3, 0.4) is 0 Å². The number of rotatable bonds is 6. The highest BCUT2D eigenvalue weighted by atomic mass is 19.1. The van der Waals surface area contributed by atoms with Crippen molar-refractivity contribution in [1.29, 1.82) is 0 Å². The van der Waals surface area contributed by atoms with Gasteiger partial charge in [-0.2, -0.15) is 0 Å². The number of amides is 1. The SMILES string of the molecule is CC(C)N(C)c1ccc(NC(=O)CCn2ccccc2=O)cc1F. The van der Waals surface area contributed by atoms with Crippen LogP contribution in [0.25, 0.3) is 0 Å². The Bertz CT molecular complexity index is 771. The van der Waals surface area contributed by atoms with Gasteiger partial charge in [0.15, 0.2) is 0 Å². The lowest BCUT2D eigenvalue weighted by atomic mass is 10.2. The third-order valence-electron chi connectivity index (χ3n) is 3.86. The topological polar surface area (TPSA) is 54.3 Å². The number of carbonyl (C=O) groups excluding carboxylic acids is 1. The Hall–Kier alpha value is -2.63. The Balaban J connectivity index is 1.98. The summed E-state index contributed by atoms with van der Waals surface area (Å²) >= 11 is 0. The summed E-state index contributed by atoms with van der Waals surface area (Å²) in [6.45, 7) is 4.23. The van der Waals surface area contributed by atoms with Gasteiger partial charge < -0.3 is 14.8 Å². The van der Waals surface area contributed by atoms with Gasteiger partial charge in [0.2, 0.25) is 5.91 Å². The zero-order valence-electron chi connectivity index (χ0n) is 14.1. The number of pyridine rings is 1. The van der Waals surface area contributed by atoms with Crippen LogP contribution in [-0.2, 0) is 11.3 Å². The van der Waals surface area contributed by atoms with Gasteiger partial charge in [-0.15, -0.1) is 0 Å². The van der Waals surface area contributed by atoms with E-state index in [-0.39, 0.29) is 36.3 Å². The van der Waals surface area contributed by atoms with Crippen LogP contribution in [0.4, 0.5) is 15.8 Å². The van der Waals surface area contributed by atoms with Crippen molar-refractivity contribution >= 4 is 17.3 Å². The fourth-order valence-corrected chi connectivity index (χ4v) is 2.24. The van der Waals surface area contributed by atoms with E-state index in [1.54, 1.807) is 30.5 Å². The first-order valence-corrected chi connectivity index (χ1v) is 7.86. The molecule has 0 aliphatic heterocycles. The molecule has 0 unspecified atom stereocenters. The second-order valence-electron chi connectivity index (χ2n) is 5.90. The van der Waals surface area contributed by atoms with Crippen molar-refractivity contribution in [2.75, 3.05) is 17.3 Å². The molecule has 6 heteroatoms. The largest absolute Gasteiger partial charge is 0.370 e. The fourth-order valence-electron chi connectivity index (χ4n) is 2.24. The summed E-state index contributed by atoms with van der Waals surface area (Å²) in [6, 6.07) is 9.62. The van der Waals surface area contributed by atoms with E-state index in [2.05, 4.69) is 5.32 Å². The molecule has 0 radical (unpaired) electrons. The number of carbonyl (C=O) groups is 1. The van der Waals surface area contributed by atoms with Gasteiger partial charge in [-0.05, 0) is 38.1 Å². The summed E-state index contributed by atoms with van der Waals surface area (Å²) in [7, 11) is 1.82. The van der Waals surface area contributed by atoms with Crippen LogP contribution in [0.1, 0.15) is 20.3 Å². The monoisotopic (exact) mass is 331 g/mol. The average Bonchev–Trinajstić information content (AvgIpc) is 2.53. The van der Waals surface area contributed by atoms with Crippen molar-refractivity contribution in [3.8, 4) is 0 Å². The first-order chi connectivity index (χ1) is 11.4. The molecule has 5 nitrogen and oxygen atoms in total. The number of halogens is 1. The predicted molar refractivity (Wildman–Crippen MR) is 93.9 cm³/mol. The number of hydrogen-bond donors (Lipinski definition) is 1. The first-order valence-electron chi connectivity index (χ1n) is 7.86. The molecule has 1 N–H and O–H groups in total. The number of aromatic nitrogens is 1. The highest BCUT2D eigenvalue weighted by molar-refractivity contribution is 5.90. The highest BCUT2D eigenvalue weighted by Gasteiger charge is 2.12. The third-order valence-corrected chi connectivity index (χ3v) is 3.86. The molecule has 0 fully saturated rings. The van der Waals surface area contributed by atoms with Crippen LogP contribution in [0.15, 0.2) is 47.4 Å². The van der Waals surface area contributed by atoms with Crippen molar-refractivity contribution in [1.82, 2.24) is 4.57 Å². The van der Waals surface area contributed by atoms with E-state index in [1.807, 2.05) is 25.8 Å².